The van der Waals surface area contributed by atoms with E-state index in [0.29, 0.717) is 19.3 Å². The number of nitrogens with zero attached hydrogens (tertiary/aromatic N) is 2. The summed E-state index contributed by atoms with van der Waals surface area (Å²) in [5.41, 5.74) is 7.48. The molecular weight excluding hydrogens is 394 g/mol. The van der Waals surface area contributed by atoms with E-state index in [2.05, 4.69) is 15.5 Å². The number of hydrogen-bond acceptors (Lipinski definition) is 6. The Hall–Kier alpha value is -2.61. The first kappa shape index (κ1) is 23.1. The number of carbonyl (C=O) groups is 3. The molecule has 1 aromatic carbocycles. The third-order valence-corrected chi connectivity index (χ3v) is 6.04. The molecular formula is C23H35N5O3. The van der Waals surface area contributed by atoms with Crippen LogP contribution in [0.4, 0.5) is 11.4 Å². The lowest BCUT2D eigenvalue weighted by atomic mass is 10.1. The minimum Gasteiger partial charge on any atom is -0.374 e. The van der Waals surface area contributed by atoms with Crippen LogP contribution in [0.25, 0.3) is 0 Å². The van der Waals surface area contributed by atoms with Gasteiger partial charge in [-0.25, -0.2) is 0 Å². The Balaban J connectivity index is 1.39. The number of piperidine rings is 1. The number of nitrogens with two attached hydrogens (primary N) is 1. The molecule has 1 unspecified atom stereocenters. The Kier molecular flexibility index (Phi) is 8.70. The fourth-order valence-electron chi connectivity index (χ4n) is 4.12. The number of amides is 3. The smallest absolute Gasteiger partial charge is 0.249 e. The third-order valence-electron chi connectivity index (χ3n) is 6.04. The van der Waals surface area contributed by atoms with Crippen LogP contribution in [0.2, 0.25) is 0 Å². The Labute approximate surface area is 184 Å². The van der Waals surface area contributed by atoms with Gasteiger partial charge in [0.25, 0.3) is 0 Å². The van der Waals surface area contributed by atoms with Gasteiger partial charge in [-0.2, -0.15) is 0 Å². The van der Waals surface area contributed by atoms with Crippen molar-refractivity contribution in [1.82, 2.24) is 10.2 Å². The molecule has 0 radical (unpaired) electrons. The van der Waals surface area contributed by atoms with E-state index in [1.807, 2.05) is 29.2 Å². The summed E-state index contributed by atoms with van der Waals surface area (Å²) in [6, 6.07) is 7.61. The number of benzene rings is 1. The zero-order valence-electron chi connectivity index (χ0n) is 18.3. The van der Waals surface area contributed by atoms with Gasteiger partial charge in [0, 0.05) is 50.4 Å². The number of piperazine rings is 1. The lowest BCUT2D eigenvalue weighted by molar-refractivity contribution is -0.134. The standard InChI is InChI=1S/C23H35N5O3/c24-13-5-3-1-2-4-6-22(30)28-16-14-27(15-17-28)19-9-7-18(8-10-19)25-20-11-12-21(29)26-23(20)31/h7-10,20,25H,1-6,11-17,24H2,(H,26,29,31). The van der Waals surface area contributed by atoms with Gasteiger partial charge in [-0.15, -0.1) is 0 Å². The van der Waals surface area contributed by atoms with Crippen molar-refractivity contribution in [2.45, 2.75) is 57.4 Å². The Morgan fingerprint density at radius 1 is 1.00 bits per heavy atom. The molecule has 1 aromatic rings. The van der Waals surface area contributed by atoms with Crippen molar-refractivity contribution in [3.05, 3.63) is 24.3 Å². The maximum absolute atomic E-state index is 12.4. The molecule has 2 fully saturated rings. The van der Waals surface area contributed by atoms with Gasteiger partial charge in [-0.05, 0) is 50.1 Å². The first-order chi connectivity index (χ1) is 15.1. The minimum atomic E-state index is -0.376. The lowest BCUT2D eigenvalue weighted by Gasteiger charge is -2.36. The summed E-state index contributed by atoms with van der Waals surface area (Å²) in [7, 11) is 0. The highest BCUT2D eigenvalue weighted by atomic mass is 16.2. The van der Waals surface area contributed by atoms with Gasteiger partial charge in [0.2, 0.25) is 17.7 Å². The maximum Gasteiger partial charge on any atom is 0.249 e. The van der Waals surface area contributed by atoms with Crippen LogP contribution in [-0.4, -0.2) is 61.4 Å². The quantitative estimate of drug-likeness (QED) is 0.387. The van der Waals surface area contributed by atoms with Crippen molar-refractivity contribution >= 4 is 29.1 Å². The zero-order chi connectivity index (χ0) is 22.1. The fraction of sp³-hybridized carbons (Fsp3) is 0.609. The molecule has 2 aliphatic rings. The van der Waals surface area contributed by atoms with E-state index in [1.165, 1.54) is 0 Å². The molecule has 2 saturated heterocycles. The summed E-state index contributed by atoms with van der Waals surface area (Å²) in [4.78, 5) is 39.9. The highest BCUT2D eigenvalue weighted by Gasteiger charge is 2.26. The molecule has 0 aliphatic carbocycles. The molecule has 4 N–H and O–H groups in total. The number of anilines is 2. The number of nitrogens with one attached hydrogen (secondary N) is 2. The van der Waals surface area contributed by atoms with E-state index in [9.17, 15) is 14.4 Å². The van der Waals surface area contributed by atoms with Gasteiger partial charge in [0.1, 0.15) is 6.04 Å². The number of imide groups is 1. The van der Waals surface area contributed by atoms with Gasteiger partial charge in [-0.3, -0.25) is 19.7 Å². The van der Waals surface area contributed by atoms with Crippen LogP contribution >= 0.6 is 0 Å². The molecule has 0 spiro atoms. The SMILES string of the molecule is NCCCCCCCC(=O)N1CCN(c2ccc(NC3CCC(=O)NC3=O)cc2)CC1. The van der Waals surface area contributed by atoms with Crippen molar-refractivity contribution in [2.75, 3.05) is 42.9 Å². The van der Waals surface area contributed by atoms with E-state index in [1.54, 1.807) is 0 Å². The average molecular weight is 430 g/mol. The molecule has 8 heteroatoms. The van der Waals surface area contributed by atoms with Crippen molar-refractivity contribution in [3.8, 4) is 0 Å². The minimum absolute atomic E-state index is 0.210. The highest BCUT2D eigenvalue weighted by molar-refractivity contribution is 6.01. The predicted octanol–water partition coefficient (Wildman–Crippen LogP) is 1.85. The zero-order valence-corrected chi connectivity index (χ0v) is 18.3. The van der Waals surface area contributed by atoms with Crippen LogP contribution in [-0.2, 0) is 14.4 Å². The van der Waals surface area contributed by atoms with E-state index in [-0.39, 0.29) is 23.8 Å². The second-order valence-corrected chi connectivity index (χ2v) is 8.37. The van der Waals surface area contributed by atoms with Gasteiger partial charge in [0.15, 0.2) is 0 Å². The first-order valence-corrected chi connectivity index (χ1v) is 11.5. The Bertz CT molecular complexity index is 744. The number of carbonyl (C=O) groups excluding carboxylic acids is 3. The van der Waals surface area contributed by atoms with Crippen molar-refractivity contribution < 1.29 is 14.4 Å². The largest absolute Gasteiger partial charge is 0.374 e. The van der Waals surface area contributed by atoms with Gasteiger partial charge < -0.3 is 20.9 Å². The Morgan fingerprint density at radius 3 is 2.35 bits per heavy atom. The summed E-state index contributed by atoms with van der Waals surface area (Å²) in [6.45, 7) is 3.90. The predicted molar refractivity (Wildman–Crippen MR) is 122 cm³/mol. The first-order valence-electron chi connectivity index (χ1n) is 11.5. The third kappa shape index (κ3) is 6.95. The maximum atomic E-state index is 12.4. The van der Waals surface area contributed by atoms with Crippen LogP contribution in [0, 0.1) is 0 Å². The molecule has 1 atom stereocenters. The number of hydrogen-bond donors (Lipinski definition) is 3. The summed E-state index contributed by atoms with van der Waals surface area (Å²) in [5.74, 6) is -0.211. The van der Waals surface area contributed by atoms with Crippen molar-refractivity contribution in [3.63, 3.8) is 0 Å². The second kappa shape index (κ2) is 11.7. The van der Waals surface area contributed by atoms with Crippen LogP contribution < -0.4 is 21.3 Å². The van der Waals surface area contributed by atoms with Gasteiger partial charge in [0.05, 0.1) is 0 Å². The summed E-state index contributed by atoms with van der Waals surface area (Å²) < 4.78 is 0. The molecule has 2 heterocycles. The Morgan fingerprint density at radius 2 is 1.68 bits per heavy atom. The molecule has 0 saturated carbocycles. The van der Waals surface area contributed by atoms with Crippen LogP contribution in [0.1, 0.15) is 51.4 Å². The van der Waals surface area contributed by atoms with Gasteiger partial charge in [-0.1, -0.05) is 19.3 Å². The summed E-state index contributed by atoms with van der Waals surface area (Å²) in [5, 5.41) is 5.56. The number of unbranched alkanes of at least 4 members (excludes halogenated alkanes) is 4. The lowest BCUT2D eigenvalue weighted by Crippen LogP contribution is -2.48. The van der Waals surface area contributed by atoms with Crippen molar-refractivity contribution in [1.29, 1.82) is 0 Å². The second-order valence-electron chi connectivity index (χ2n) is 8.37. The van der Waals surface area contributed by atoms with E-state index >= 15 is 0 Å². The monoisotopic (exact) mass is 429 g/mol. The number of rotatable bonds is 10. The van der Waals surface area contributed by atoms with E-state index in [4.69, 9.17) is 5.73 Å². The molecule has 8 nitrogen and oxygen atoms in total. The van der Waals surface area contributed by atoms with E-state index in [0.717, 1.165) is 76.2 Å². The molecule has 0 aromatic heterocycles. The average Bonchev–Trinajstić information content (AvgIpc) is 2.78. The van der Waals surface area contributed by atoms with Gasteiger partial charge >= 0.3 is 0 Å². The fourth-order valence-corrected chi connectivity index (χ4v) is 4.12. The molecule has 31 heavy (non-hydrogen) atoms. The van der Waals surface area contributed by atoms with E-state index < -0.39 is 0 Å². The molecule has 3 amide bonds. The van der Waals surface area contributed by atoms with Crippen molar-refractivity contribution in [2.24, 2.45) is 5.73 Å². The summed E-state index contributed by atoms with van der Waals surface area (Å²) >= 11 is 0. The molecule has 170 valence electrons. The summed E-state index contributed by atoms with van der Waals surface area (Å²) in [6.07, 6.45) is 6.97. The van der Waals surface area contributed by atoms with Crippen LogP contribution in [0.5, 0.6) is 0 Å². The highest BCUT2D eigenvalue weighted by Crippen LogP contribution is 2.21. The normalized spacial score (nSPS) is 19.3. The molecule has 2 aliphatic heterocycles. The molecule has 0 bridgehead atoms. The van der Waals surface area contributed by atoms with Crippen LogP contribution in [0.3, 0.4) is 0 Å². The molecule has 3 rings (SSSR count). The topological polar surface area (TPSA) is 108 Å². The van der Waals surface area contributed by atoms with Crippen LogP contribution in [0.15, 0.2) is 24.3 Å².